The summed E-state index contributed by atoms with van der Waals surface area (Å²) in [5.41, 5.74) is 0.720. The van der Waals surface area contributed by atoms with Gasteiger partial charge in [0.1, 0.15) is 5.75 Å². The highest BCUT2D eigenvalue weighted by Crippen LogP contribution is 2.36. The van der Waals surface area contributed by atoms with Crippen molar-refractivity contribution in [3.05, 3.63) is 65.7 Å². The van der Waals surface area contributed by atoms with Gasteiger partial charge < -0.3 is 14.2 Å². The summed E-state index contributed by atoms with van der Waals surface area (Å²) in [6, 6.07) is 16.2. The van der Waals surface area contributed by atoms with E-state index in [0.717, 1.165) is 10.8 Å². The van der Waals surface area contributed by atoms with E-state index in [1.54, 1.807) is 6.07 Å². The van der Waals surface area contributed by atoms with E-state index in [0.29, 0.717) is 17.1 Å². The highest BCUT2D eigenvalue weighted by Gasteiger charge is 2.20. The van der Waals surface area contributed by atoms with Crippen LogP contribution in [0.25, 0.3) is 10.8 Å². The second kappa shape index (κ2) is 7.27. The maximum Gasteiger partial charge on any atom is 0.308 e. The molecule has 0 aromatic heterocycles. The molecular formula is C21H18O5. The fraction of sp³-hybridized carbons (Fsp3) is 0.143. The zero-order chi connectivity index (χ0) is 18.7. The Morgan fingerprint density at radius 2 is 1.42 bits per heavy atom. The molecule has 0 atom stereocenters. The molecule has 0 heterocycles. The molecule has 0 spiro atoms. The van der Waals surface area contributed by atoms with Gasteiger partial charge in [0.2, 0.25) is 0 Å². The van der Waals surface area contributed by atoms with Crippen molar-refractivity contribution in [3.63, 3.8) is 0 Å². The predicted molar refractivity (Wildman–Crippen MR) is 98.2 cm³/mol. The van der Waals surface area contributed by atoms with Crippen LogP contribution in [0.4, 0.5) is 0 Å². The monoisotopic (exact) mass is 350 g/mol. The Kier molecular flexibility index (Phi) is 4.89. The normalized spacial score (nSPS) is 10.4. The lowest BCUT2D eigenvalue weighted by Crippen LogP contribution is -2.09. The van der Waals surface area contributed by atoms with Crippen molar-refractivity contribution in [2.45, 2.75) is 6.92 Å². The maximum atomic E-state index is 13.1. The molecule has 132 valence electrons. The van der Waals surface area contributed by atoms with E-state index in [1.165, 1.54) is 33.3 Å². The summed E-state index contributed by atoms with van der Waals surface area (Å²) < 4.78 is 15.7. The van der Waals surface area contributed by atoms with Crippen molar-refractivity contribution in [1.29, 1.82) is 0 Å². The first kappa shape index (κ1) is 17.5. The average Bonchev–Trinajstić information content (AvgIpc) is 2.66. The minimum atomic E-state index is -0.523. The Bertz CT molecular complexity index is 991. The van der Waals surface area contributed by atoms with Gasteiger partial charge in [-0.3, -0.25) is 9.59 Å². The van der Waals surface area contributed by atoms with Crippen LogP contribution < -0.4 is 14.2 Å². The lowest BCUT2D eigenvalue weighted by molar-refractivity contribution is -0.131. The third-order valence-electron chi connectivity index (χ3n) is 4.00. The number of rotatable bonds is 5. The summed E-state index contributed by atoms with van der Waals surface area (Å²) in [6.45, 7) is 1.28. The number of ether oxygens (including phenoxy) is 3. The number of carbonyl (C=O) groups is 2. The standard InChI is InChI=1S/C21H18O5/c1-13(22)26-18-12-20(25-3)19(24-2)11-17(18)21(23)16-9-8-14-6-4-5-7-15(14)10-16/h4-12H,1-3H3. The number of ketones is 1. The van der Waals surface area contributed by atoms with Gasteiger partial charge >= 0.3 is 5.97 Å². The summed E-state index contributed by atoms with van der Waals surface area (Å²) in [5, 5.41) is 1.99. The number of carbonyl (C=O) groups excluding carboxylic acids is 2. The molecule has 0 N–H and O–H groups in total. The van der Waals surface area contributed by atoms with Gasteiger partial charge in [0.05, 0.1) is 19.8 Å². The molecule has 0 aliphatic rings. The molecule has 3 rings (SSSR count). The van der Waals surface area contributed by atoms with Crippen molar-refractivity contribution in [2.24, 2.45) is 0 Å². The van der Waals surface area contributed by atoms with E-state index in [2.05, 4.69) is 0 Å². The third kappa shape index (κ3) is 3.37. The summed E-state index contributed by atoms with van der Waals surface area (Å²) >= 11 is 0. The molecule has 0 aliphatic heterocycles. The van der Waals surface area contributed by atoms with Crippen LogP contribution >= 0.6 is 0 Å². The molecule has 0 radical (unpaired) electrons. The zero-order valence-corrected chi connectivity index (χ0v) is 14.7. The maximum absolute atomic E-state index is 13.1. The number of hydrogen-bond donors (Lipinski definition) is 0. The Balaban J connectivity index is 2.12. The molecule has 0 amide bonds. The summed E-state index contributed by atoms with van der Waals surface area (Å²) in [6.07, 6.45) is 0. The van der Waals surface area contributed by atoms with Crippen LogP contribution in [0.2, 0.25) is 0 Å². The molecule has 5 nitrogen and oxygen atoms in total. The van der Waals surface area contributed by atoms with E-state index in [1.807, 2.05) is 36.4 Å². The minimum Gasteiger partial charge on any atom is -0.493 e. The number of esters is 1. The highest BCUT2D eigenvalue weighted by atomic mass is 16.5. The van der Waals surface area contributed by atoms with Gasteiger partial charge in [0.25, 0.3) is 0 Å². The Labute approximate surface area is 151 Å². The molecule has 0 bridgehead atoms. The number of hydrogen-bond acceptors (Lipinski definition) is 5. The van der Waals surface area contributed by atoms with Crippen molar-refractivity contribution >= 4 is 22.5 Å². The van der Waals surface area contributed by atoms with Crippen LogP contribution in [0.5, 0.6) is 17.2 Å². The van der Waals surface area contributed by atoms with Crippen LogP contribution in [0, 0.1) is 0 Å². The lowest BCUT2D eigenvalue weighted by atomic mass is 9.99. The number of benzene rings is 3. The molecule has 0 aliphatic carbocycles. The van der Waals surface area contributed by atoms with E-state index in [4.69, 9.17) is 14.2 Å². The van der Waals surface area contributed by atoms with Gasteiger partial charge in [0, 0.05) is 18.6 Å². The van der Waals surface area contributed by atoms with Gasteiger partial charge in [-0.1, -0.05) is 36.4 Å². The topological polar surface area (TPSA) is 61.8 Å². The highest BCUT2D eigenvalue weighted by molar-refractivity contribution is 6.12. The molecule has 0 unspecified atom stereocenters. The van der Waals surface area contributed by atoms with Crippen molar-refractivity contribution < 1.29 is 23.8 Å². The molecule has 5 heteroatoms. The second-order valence-corrected chi connectivity index (χ2v) is 5.69. The van der Waals surface area contributed by atoms with Crippen LogP contribution in [0.1, 0.15) is 22.8 Å². The quantitative estimate of drug-likeness (QED) is 0.395. The van der Waals surface area contributed by atoms with Crippen molar-refractivity contribution in [2.75, 3.05) is 14.2 Å². The van der Waals surface area contributed by atoms with Crippen LogP contribution in [0.3, 0.4) is 0 Å². The SMILES string of the molecule is COc1cc(OC(C)=O)c(C(=O)c2ccc3ccccc3c2)cc1OC. The third-order valence-corrected chi connectivity index (χ3v) is 4.00. The smallest absolute Gasteiger partial charge is 0.308 e. The molecule has 3 aromatic rings. The van der Waals surface area contributed by atoms with Gasteiger partial charge in [-0.2, -0.15) is 0 Å². The van der Waals surface area contributed by atoms with E-state index < -0.39 is 5.97 Å². The van der Waals surface area contributed by atoms with Gasteiger partial charge in [-0.05, 0) is 22.9 Å². The van der Waals surface area contributed by atoms with Crippen LogP contribution in [-0.2, 0) is 4.79 Å². The summed E-state index contributed by atoms with van der Waals surface area (Å²) in [4.78, 5) is 24.5. The van der Waals surface area contributed by atoms with Crippen molar-refractivity contribution in [1.82, 2.24) is 0 Å². The molecule has 0 saturated heterocycles. The van der Waals surface area contributed by atoms with E-state index >= 15 is 0 Å². The predicted octanol–water partition coefficient (Wildman–Crippen LogP) is 4.01. The number of methoxy groups -OCH3 is 2. The first-order valence-corrected chi connectivity index (χ1v) is 8.01. The Morgan fingerprint density at radius 1 is 0.769 bits per heavy atom. The second-order valence-electron chi connectivity index (χ2n) is 5.69. The summed E-state index contributed by atoms with van der Waals surface area (Å²) in [5.74, 6) is 0.0948. The first-order valence-electron chi connectivity index (χ1n) is 8.01. The molecular weight excluding hydrogens is 332 g/mol. The minimum absolute atomic E-state index is 0.133. The molecule has 0 fully saturated rings. The first-order chi connectivity index (χ1) is 12.5. The fourth-order valence-electron chi connectivity index (χ4n) is 2.76. The largest absolute Gasteiger partial charge is 0.493 e. The van der Waals surface area contributed by atoms with Gasteiger partial charge in [-0.15, -0.1) is 0 Å². The van der Waals surface area contributed by atoms with Gasteiger partial charge in [0.15, 0.2) is 17.3 Å². The van der Waals surface area contributed by atoms with Crippen LogP contribution in [-0.4, -0.2) is 26.0 Å². The fourth-order valence-corrected chi connectivity index (χ4v) is 2.76. The lowest BCUT2D eigenvalue weighted by Gasteiger charge is -2.14. The number of fused-ring (bicyclic) bond motifs is 1. The molecule has 26 heavy (non-hydrogen) atoms. The Morgan fingerprint density at radius 3 is 2.08 bits per heavy atom. The van der Waals surface area contributed by atoms with Gasteiger partial charge in [-0.25, -0.2) is 0 Å². The van der Waals surface area contributed by atoms with Crippen LogP contribution in [0.15, 0.2) is 54.6 Å². The average molecular weight is 350 g/mol. The molecule has 3 aromatic carbocycles. The Hall–Kier alpha value is -3.34. The van der Waals surface area contributed by atoms with E-state index in [-0.39, 0.29) is 17.1 Å². The molecule has 0 saturated carbocycles. The summed E-state index contributed by atoms with van der Waals surface area (Å²) in [7, 11) is 2.95. The van der Waals surface area contributed by atoms with Crippen molar-refractivity contribution in [3.8, 4) is 17.2 Å². The zero-order valence-electron chi connectivity index (χ0n) is 14.7. The van der Waals surface area contributed by atoms with E-state index in [9.17, 15) is 9.59 Å².